The van der Waals surface area contributed by atoms with Crippen LogP contribution in [0.1, 0.15) is 16.1 Å². The average Bonchev–Trinajstić information content (AvgIpc) is 3.24. The van der Waals surface area contributed by atoms with Crippen molar-refractivity contribution in [1.29, 1.82) is 0 Å². The van der Waals surface area contributed by atoms with E-state index in [1.165, 1.54) is 0 Å². The number of carbonyl (C=O) groups excluding carboxylic acids is 3. The summed E-state index contributed by atoms with van der Waals surface area (Å²) >= 11 is 0. The molecule has 1 aromatic carbocycles. The molecule has 4 rings (SSSR count). The molecule has 8 nitrogen and oxygen atoms in total. The Hall–Kier alpha value is -4.20. The van der Waals surface area contributed by atoms with Gasteiger partial charge in [0.15, 0.2) is 6.61 Å². The van der Waals surface area contributed by atoms with E-state index in [-0.39, 0.29) is 5.91 Å². The number of nitrogens with zero attached hydrogens (tertiary/aromatic N) is 1. The van der Waals surface area contributed by atoms with Gasteiger partial charge in [0, 0.05) is 53.4 Å². The topological polar surface area (TPSA) is 113 Å². The minimum atomic E-state index is -0.659. The molecule has 0 fully saturated rings. The van der Waals surface area contributed by atoms with Crippen molar-refractivity contribution in [3.8, 4) is 22.5 Å². The maximum Gasteiger partial charge on any atom is 0.330 e. The fraction of sp³-hybridized carbons (Fsp3) is 0.130. The number of pyridine rings is 1. The third-order valence-corrected chi connectivity index (χ3v) is 4.83. The lowest BCUT2D eigenvalue weighted by Crippen LogP contribution is -2.31. The van der Waals surface area contributed by atoms with Gasteiger partial charge in [0.25, 0.3) is 11.8 Å². The molecule has 156 valence electrons. The molecule has 0 aliphatic carbocycles. The Morgan fingerprint density at radius 2 is 2.06 bits per heavy atom. The van der Waals surface area contributed by atoms with Crippen molar-refractivity contribution >= 4 is 23.5 Å². The third-order valence-electron chi connectivity index (χ3n) is 4.83. The lowest BCUT2D eigenvalue weighted by atomic mass is 10.1. The highest BCUT2D eigenvalue weighted by Crippen LogP contribution is 2.28. The summed E-state index contributed by atoms with van der Waals surface area (Å²) in [6.45, 7) is 3.51. The summed E-state index contributed by atoms with van der Waals surface area (Å²) in [6.07, 6.45) is 3.47. The predicted molar refractivity (Wildman–Crippen MR) is 115 cm³/mol. The van der Waals surface area contributed by atoms with E-state index in [0.29, 0.717) is 23.5 Å². The molecule has 2 aromatic heterocycles. The van der Waals surface area contributed by atoms with Crippen molar-refractivity contribution in [2.75, 3.05) is 18.5 Å². The number of aromatic amines is 1. The Bertz CT molecular complexity index is 1180. The van der Waals surface area contributed by atoms with Gasteiger partial charge in [0.1, 0.15) is 0 Å². The molecule has 3 heterocycles. The molecule has 0 bridgehead atoms. The van der Waals surface area contributed by atoms with Crippen LogP contribution in [-0.4, -0.2) is 40.9 Å². The Kier molecular flexibility index (Phi) is 5.61. The van der Waals surface area contributed by atoms with E-state index in [1.54, 1.807) is 24.4 Å². The van der Waals surface area contributed by atoms with E-state index in [1.807, 2.05) is 24.3 Å². The zero-order valence-corrected chi connectivity index (χ0v) is 16.6. The number of hydrogen-bond donors (Lipinski definition) is 3. The highest BCUT2D eigenvalue weighted by Gasteiger charge is 2.20. The van der Waals surface area contributed by atoms with Gasteiger partial charge < -0.3 is 20.4 Å². The predicted octanol–water partition coefficient (Wildman–Crippen LogP) is 2.70. The lowest BCUT2D eigenvalue weighted by Gasteiger charge is -2.11. The Balaban J connectivity index is 1.54. The molecule has 1 aliphatic rings. The molecule has 0 saturated heterocycles. The number of anilines is 1. The number of ether oxygens (including phenoxy) is 1. The van der Waals surface area contributed by atoms with Gasteiger partial charge in [-0.1, -0.05) is 18.7 Å². The zero-order chi connectivity index (χ0) is 21.8. The first-order valence-corrected chi connectivity index (χ1v) is 9.69. The normalized spacial score (nSPS) is 12.5. The fourth-order valence-electron chi connectivity index (χ4n) is 3.35. The minimum absolute atomic E-state index is 0.0692. The first-order chi connectivity index (χ1) is 15.0. The molecule has 2 amide bonds. The second-order valence-electron chi connectivity index (χ2n) is 6.95. The largest absolute Gasteiger partial charge is 0.452 e. The summed E-state index contributed by atoms with van der Waals surface area (Å²) in [6, 6.07) is 12.8. The molecule has 0 saturated carbocycles. The van der Waals surface area contributed by atoms with Crippen LogP contribution in [0.3, 0.4) is 0 Å². The highest BCUT2D eigenvalue weighted by molar-refractivity contribution is 5.98. The zero-order valence-electron chi connectivity index (χ0n) is 16.6. The van der Waals surface area contributed by atoms with Gasteiger partial charge in [-0.3, -0.25) is 14.6 Å². The van der Waals surface area contributed by atoms with Crippen molar-refractivity contribution in [1.82, 2.24) is 15.3 Å². The summed E-state index contributed by atoms with van der Waals surface area (Å²) in [5, 5.41) is 5.53. The summed E-state index contributed by atoms with van der Waals surface area (Å²) < 4.78 is 4.73. The van der Waals surface area contributed by atoms with Crippen LogP contribution in [-0.2, 0) is 20.7 Å². The van der Waals surface area contributed by atoms with Gasteiger partial charge in [-0.2, -0.15) is 0 Å². The Morgan fingerprint density at radius 3 is 2.87 bits per heavy atom. The summed E-state index contributed by atoms with van der Waals surface area (Å²) in [5.74, 6) is -1.18. The van der Waals surface area contributed by atoms with Gasteiger partial charge in [0.05, 0.1) is 11.3 Å². The van der Waals surface area contributed by atoms with E-state index in [2.05, 4.69) is 27.2 Å². The molecular weight excluding hydrogens is 396 g/mol. The average molecular weight is 416 g/mol. The number of esters is 1. The van der Waals surface area contributed by atoms with Crippen LogP contribution in [0.2, 0.25) is 0 Å². The number of hydrogen-bond acceptors (Lipinski definition) is 5. The minimum Gasteiger partial charge on any atom is -0.452 e. The van der Waals surface area contributed by atoms with Crippen LogP contribution in [0.25, 0.3) is 22.5 Å². The van der Waals surface area contributed by atoms with E-state index >= 15 is 0 Å². The van der Waals surface area contributed by atoms with E-state index in [0.717, 1.165) is 35.0 Å². The summed E-state index contributed by atoms with van der Waals surface area (Å²) in [7, 11) is 0. The number of rotatable bonds is 6. The van der Waals surface area contributed by atoms with Crippen LogP contribution < -0.4 is 10.6 Å². The third kappa shape index (κ3) is 4.53. The van der Waals surface area contributed by atoms with Crippen LogP contribution in [0.15, 0.2) is 61.3 Å². The number of carbonyl (C=O) groups is 3. The van der Waals surface area contributed by atoms with Gasteiger partial charge in [0.2, 0.25) is 0 Å². The lowest BCUT2D eigenvalue weighted by molar-refractivity contribution is -0.142. The van der Waals surface area contributed by atoms with Gasteiger partial charge >= 0.3 is 5.97 Å². The van der Waals surface area contributed by atoms with Crippen LogP contribution >= 0.6 is 0 Å². The smallest absolute Gasteiger partial charge is 0.330 e. The van der Waals surface area contributed by atoms with Crippen molar-refractivity contribution in [2.45, 2.75) is 6.42 Å². The number of amides is 2. The first kappa shape index (κ1) is 20.1. The second-order valence-corrected chi connectivity index (χ2v) is 6.95. The molecule has 1 aliphatic heterocycles. The number of nitrogens with one attached hydrogen (secondary N) is 3. The van der Waals surface area contributed by atoms with E-state index in [4.69, 9.17) is 4.74 Å². The van der Waals surface area contributed by atoms with Crippen molar-refractivity contribution in [3.05, 3.63) is 72.6 Å². The van der Waals surface area contributed by atoms with Crippen molar-refractivity contribution in [2.24, 2.45) is 0 Å². The highest BCUT2D eigenvalue weighted by atomic mass is 16.5. The van der Waals surface area contributed by atoms with Crippen LogP contribution in [0, 0.1) is 0 Å². The van der Waals surface area contributed by atoms with Crippen molar-refractivity contribution in [3.63, 3.8) is 0 Å². The Labute approximate surface area is 178 Å². The molecule has 0 atom stereocenters. The maximum atomic E-state index is 12.0. The molecular formula is C23H20N4O4. The second kappa shape index (κ2) is 8.66. The quantitative estimate of drug-likeness (QED) is 0.422. The molecule has 3 aromatic rings. The van der Waals surface area contributed by atoms with Gasteiger partial charge in [-0.25, -0.2) is 4.79 Å². The first-order valence-electron chi connectivity index (χ1n) is 9.69. The molecule has 0 spiro atoms. The Morgan fingerprint density at radius 1 is 1.19 bits per heavy atom. The summed E-state index contributed by atoms with van der Waals surface area (Å²) in [5.41, 5.74) is 5.41. The molecule has 3 N–H and O–H groups in total. The SMILES string of the molecule is C=CC(=O)OCC(=O)Nc1cccc(-c2cc(-c3cc4c([nH]3)CCNC4=O)ccn2)c1. The van der Waals surface area contributed by atoms with E-state index in [9.17, 15) is 14.4 Å². The molecule has 0 radical (unpaired) electrons. The number of H-pyrrole nitrogens is 1. The molecule has 8 heteroatoms. The maximum absolute atomic E-state index is 12.0. The number of benzene rings is 1. The van der Waals surface area contributed by atoms with Crippen molar-refractivity contribution < 1.29 is 19.1 Å². The van der Waals surface area contributed by atoms with Crippen LogP contribution in [0.5, 0.6) is 0 Å². The molecule has 0 unspecified atom stereocenters. The monoisotopic (exact) mass is 416 g/mol. The van der Waals surface area contributed by atoms with Gasteiger partial charge in [-0.05, 0) is 30.3 Å². The number of aromatic nitrogens is 2. The number of fused-ring (bicyclic) bond motifs is 1. The van der Waals surface area contributed by atoms with Crippen LogP contribution in [0.4, 0.5) is 5.69 Å². The standard InChI is InChI=1S/C23H20N4O4/c1-2-22(29)31-13-21(28)26-16-5-3-4-14(10-16)19-11-15(6-8-24-19)20-12-17-18(27-20)7-9-25-23(17)30/h2-6,8,10-12,27H,1,7,9,13H2,(H,25,30)(H,26,28). The van der Waals surface area contributed by atoms with E-state index < -0.39 is 18.5 Å². The molecule has 31 heavy (non-hydrogen) atoms. The summed E-state index contributed by atoms with van der Waals surface area (Å²) in [4.78, 5) is 42.9. The van der Waals surface area contributed by atoms with Gasteiger partial charge in [-0.15, -0.1) is 0 Å². The fourth-order valence-corrected chi connectivity index (χ4v) is 3.35.